The zero-order chi connectivity index (χ0) is 23.7. The zero-order valence-corrected chi connectivity index (χ0v) is 19.2. The Morgan fingerprint density at radius 3 is 1.73 bits per heavy atom. The van der Waals surface area contributed by atoms with Gasteiger partial charge in [-0.05, 0) is 96.8 Å². The van der Waals surface area contributed by atoms with Crippen molar-refractivity contribution in [1.82, 2.24) is 0 Å². The topological polar surface area (TPSA) is 52.6 Å². The van der Waals surface area contributed by atoms with E-state index in [0.717, 1.165) is 35.1 Å². The molecule has 0 fully saturated rings. The summed E-state index contributed by atoms with van der Waals surface area (Å²) in [4.78, 5) is 23.6. The van der Waals surface area contributed by atoms with E-state index in [0.29, 0.717) is 22.6 Å². The molecule has 3 aromatic carbocycles. The van der Waals surface area contributed by atoms with Gasteiger partial charge in [-0.15, -0.1) is 0 Å². The van der Waals surface area contributed by atoms with Crippen LogP contribution in [-0.4, -0.2) is 11.9 Å². The van der Waals surface area contributed by atoms with Gasteiger partial charge in [0.25, 0.3) is 0 Å². The number of carbonyl (C=O) groups excluding carboxylic acids is 2. The van der Waals surface area contributed by atoms with Crippen molar-refractivity contribution in [3.8, 4) is 33.8 Å². The lowest BCUT2D eigenvalue weighted by molar-refractivity contribution is -0.130. The molecule has 0 radical (unpaired) electrons. The number of esters is 2. The number of fused-ring (bicyclic) bond motifs is 3. The van der Waals surface area contributed by atoms with E-state index in [1.54, 1.807) is 13.8 Å². The SMILES string of the molecule is C=C(C)C(=O)Oc1ccc(-c2ccc3c(c2)CCc2cc(OC(=O)C(=C)C)ccc2-3)c(C)c1. The van der Waals surface area contributed by atoms with E-state index >= 15 is 0 Å². The average Bonchev–Trinajstić information content (AvgIpc) is 2.78. The molecule has 4 heteroatoms. The van der Waals surface area contributed by atoms with Crippen molar-refractivity contribution in [2.45, 2.75) is 33.6 Å². The molecule has 0 saturated heterocycles. The molecule has 0 N–H and O–H groups in total. The van der Waals surface area contributed by atoms with Crippen molar-refractivity contribution >= 4 is 11.9 Å². The first kappa shape index (κ1) is 22.3. The lowest BCUT2D eigenvalue weighted by Crippen LogP contribution is -2.10. The Hall–Kier alpha value is -3.92. The van der Waals surface area contributed by atoms with Gasteiger partial charge < -0.3 is 9.47 Å². The molecule has 0 unspecified atom stereocenters. The van der Waals surface area contributed by atoms with Gasteiger partial charge >= 0.3 is 11.9 Å². The van der Waals surface area contributed by atoms with E-state index in [1.165, 1.54) is 16.7 Å². The summed E-state index contributed by atoms with van der Waals surface area (Å²) < 4.78 is 10.7. The molecule has 0 atom stereocenters. The fourth-order valence-electron chi connectivity index (χ4n) is 4.02. The van der Waals surface area contributed by atoms with Gasteiger partial charge in [0.05, 0.1) is 0 Å². The zero-order valence-electron chi connectivity index (χ0n) is 19.2. The van der Waals surface area contributed by atoms with Crippen LogP contribution in [0, 0.1) is 6.92 Å². The Balaban J connectivity index is 1.60. The third-order valence-electron chi connectivity index (χ3n) is 5.76. The van der Waals surface area contributed by atoms with Crippen molar-refractivity contribution in [1.29, 1.82) is 0 Å². The molecule has 0 heterocycles. The highest BCUT2D eigenvalue weighted by molar-refractivity contribution is 5.89. The lowest BCUT2D eigenvalue weighted by atomic mass is 9.83. The molecule has 0 bridgehead atoms. The molecular weight excluding hydrogens is 412 g/mol. The van der Waals surface area contributed by atoms with Crippen molar-refractivity contribution in [3.05, 3.63) is 95.6 Å². The average molecular weight is 439 g/mol. The molecule has 4 rings (SSSR count). The van der Waals surface area contributed by atoms with Crippen LogP contribution in [0.2, 0.25) is 0 Å². The molecule has 0 amide bonds. The Bertz CT molecular complexity index is 1310. The number of benzene rings is 3. The fourth-order valence-corrected chi connectivity index (χ4v) is 4.02. The molecule has 1 aliphatic rings. The predicted octanol–water partition coefficient (Wildman–Crippen LogP) is 6.39. The van der Waals surface area contributed by atoms with Crippen LogP contribution < -0.4 is 9.47 Å². The van der Waals surface area contributed by atoms with Gasteiger partial charge in [-0.2, -0.15) is 0 Å². The second-order valence-electron chi connectivity index (χ2n) is 8.51. The number of rotatable bonds is 5. The third-order valence-corrected chi connectivity index (χ3v) is 5.76. The number of hydrogen-bond donors (Lipinski definition) is 0. The van der Waals surface area contributed by atoms with Gasteiger partial charge in [0.1, 0.15) is 11.5 Å². The molecule has 0 saturated carbocycles. The van der Waals surface area contributed by atoms with Crippen LogP contribution in [0.25, 0.3) is 22.3 Å². The third kappa shape index (κ3) is 4.65. The molecule has 166 valence electrons. The van der Waals surface area contributed by atoms with E-state index in [4.69, 9.17) is 9.47 Å². The van der Waals surface area contributed by atoms with Crippen molar-refractivity contribution in [2.75, 3.05) is 0 Å². The van der Waals surface area contributed by atoms with E-state index in [2.05, 4.69) is 31.4 Å². The highest BCUT2D eigenvalue weighted by Gasteiger charge is 2.19. The van der Waals surface area contributed by atoms with E-state index < -0.39 is 11.9 Å². The van der Waals surface area contributed by atoms with Crippen LogP contribution in [-0.2, 0) is 22.4 Å². The minimum Gasteiger partial charge on any atom is -0.423 e. The molecular formula is C29H26O4. The van der Waals surface area contributed by atoms with Crippen LogP contribution >= 0.6 is 0 Å². The summed E-state index contributed by atoms with van der Waals surface area (Å²) in [6, 6.07) is 18.0. The van der Waals surface area contributed by atoms with E-state index in [-0.39, 0.29) is 0 Å². The maximum atomic E-state index is 11.8. The molecule has 0 spiro atoms. The van der Waals surface area contributed by atoms with Crippen molar-refractivity contribution in [2.24, 2.45) is 0 Å². The Morgan fingerprint density at radius 1 is 0.697 bits per heavy atom. The quantitative estimate of drug-likeness (QED) is 0.263. The number of carbonyl (C=O) groups is 2. The van der Waals surface area contributed by atoms with Gasteiger partial charge in [0.15, 0.2) is 0 Å². The molecule has 4 nitrogen and oxygen atoms in total. The summed E-state index contributed by atoms with van der Waals surface area (Å²) in [7, 11) is 0. The summed E-state index contributed by atoms with van der Waals surface area (Å²) >= 11 is 0. The van der Waals surface area contributed by atoms with Gasteiger partial charge in [-0.3, -0.25) is 0 Å². The summed E-state index contributed by atoms with van der Waals surface area (Å²) in [5.74, 6) is 0.225. The van der Waals surface area contributed by atoms with Gasteiger partial charge in [-0.25, -0.2) is 9.59 Å². The molecule has 0 aromatic heterocycles. The predicted molar refractivity (Wildman–Crippen MR) is 130 cm³/mol. The summed E-state index contributed by atoms with van der Waals surface area (Å²) in [6.45, 7) is 12.5. The molecule has 3 aromatic rings. The monoisotopic (exact) mass is 438 g/mol. The number of aryl methyl sites for hydroxylation is 3. The first-order valence-electron chi connectivity index (χ1n) is 10.9. The first-order valence-corrected chi connectivity index (χ1v) is 10.9. The van der Waals surface area contributed by atoms with Crippen LogP contribution in [0.3, 0.4) is 0 Å². The largest absolute Gasteiger partial charge is 0.423 e. The van der Waals surface area contributed by atoms with Crippen LogP contribution in [0.4, 0.5) is 0 Å². The highest BCUT2D eigenvalue weighted by Crippen LogP contribution is 2.38. The summed E-state index contributed by atoms with van der Waals surface area (Å²) in [5.41, 5.74) is 8.81. The Kier molecular flexibility index (Phi) is 6.01. The Labute approximate surface area is 194 Å². The van der Waals surface area contributed by atoms with Crippen LogP contribution in [0.5, 0.6) is 11.5 Å². The maximum Gasteiger partial charge on any atom is 0.338 e. The van der Waals surface area contributed by atoms with Gasteiger partial charge in [0.2, 0.25) is 0 Å². The molecule has 33 heavy (non-hydrogen) atoms. The van der Waals surface area contributed by atoms with E-state index in [9.17, 15) is 9.59 Å². The maximum absolute atomic E-state index is 11.8. The normalized spacial score (nSPS) is 11.7. The minimum atomic E-state index is -0.424. The van der Waals surface area contributed by atoms with Gasteiger partial charge in [0, 0.05) is 11.1 Å². The van der Waals surface area contributed by atoms with Gasteiger partial charge in [-0.1, -0.05) is 43.5 Å². The molecule has 1 aliphatic carbocycles. The summed E-state index contributed by atoms with van der Waals surface area (Å²) in [5, 5.41) is 0. The van der Waals surface area contributed by atoms with Crippen molar-refractivity contribution < 1.29 is 19.1 Å². The summed E-state index contributed by atoms with van der Waals surface area (Å²) in [6.07, 6.45) is 1.78. The fraction of sp³-hybridized carbons (Fsp3) is 0.172. The minimum absolute atomic E-state index is 0.368. The first-order chi connectivity index (χ1) is 15.7. The number of ether oxygens (including phenoxy) is 2. The number of hydrogen-bond acceptors (Lipinski definition) is 4. The molecule has 0 aliphatic heterocycles. The van der Waals surface area contributed by atoms with Crippen LogP contribution in [0.15, 0.2) is 78.9 Å². The highest BCUT2D eigenvalue weighted by atomic mass is 16.5. The van der Waals surface area contributed by atoms with E-state index in [1.807, 2.05) is 43.3 Å². The second-order valence-corrected chi connectivity index (χ2v) is 8.51. The lowest BCUT2D eigenvalue weighted by Gasteiger charge is -2.22. The second kappa shape index (κ2) is 8.91. The Morgan fingerprint density at radius 2 is 1.18 bits per heavy atom. The van der Waals surface area contributed by atoms with Crippen LogP contribution in [0.1, 0.15) is 30.5 Å². The smallest absolute Gasteiger partial charge is 0.338 e. The van der Waals surface area contributed by atoms with Crippen molar-refractivity contribution in [3.63, 3.8) is 0 Å². The standard InChI is InChI=1S/C29H26O4/c1-17(2)28(30)32-23-9-12-25(19(5)14-23)20-8-11-26-21(15-20)6-7-22-16-24(10-13-27(22)26)33-29(31)18(3)4/h8-16H,1,3,6-7H2,2,4-5H3.